The van der Waals surface area contributed by atoms with Crippen LogP contribution in [0.5, 0.6) is 5.75 Å². The lowest BCUT2D eigenvalue weighted by molar-refractivity contribution is -0.155. The van der Waals surface area contributed by atoms with Gasteiger partial charge < -0.3 is 14.8 Å². The molecule has 0 aliphatic heterocycles. The number of rotatable bonds is 6. The first-order chi connectivity index (χ1) is 11.1. The molecule has 120 valence electrons. The van der Waals surface area contributed by atoms with Gasteiger partial charge in [-0.15, -0.1) is 0 Å². The van der Waals surface area contributed by atoms with E-state index < -0.39 is 30.4 Å². The summed E-state index contributed by atoms with van der Waals surface area (Å²) in [7, 11) is 0. The smallest absolute Gasteiger partial charge is 0.344 e. The number of esters is 1. The Morgan fingerprint density at radius 3 is 2.43 bits per heavy atom. The van der Waals surface area contributed by atoms with Gasteiger partial charge in [0.1, 0.15) is 0 Å². The third kappa shape index (κ3) is 5.10. The SMILES string of the molecule is C[C@H](OC(=O)COc1ccccc1F)C(=O)Nc1ccccc1. The number of carbonyl (C=O) groups excluding carboxylic acids is 2. The monoisotopic (exact) mass is 317 g/mol. The maximum atomic E-state index is 13.3. The number of halogens is 1. The number of nitrogens with one attached hydrogen (secondary N) is 1. The van der Waals surface area contributed by atoms with Gasteiger partial charge in [0.05, 0.1) is 0 Å². The number of anilines is 1. The van der Waals surface area contributed by atoms with Crippen LogP contribution < -0.4 is 10.1 Å². The summed E-state index contributed by atoms with van der Waals surface area (Å²) in [5, 5.41) is 2.61. The molecule has 0 aromatic heterocycles. The second kappa shape index (κ2) is 7.93. The van der Waals surface area contributed by atoms with Gasteiger partial charge in [-0.25, -0.2) is 9.18 Å². The Morgan fingerprint density at radius 2 is 1.74 bits per heavy atom. The molecule has 1 amide bonds. The minimum Gasteiger partial charge on any atom is -0.479 e. The molecule has 0 bridgehead atoms. The maximum Gasteiger partial charge on any atom is 0.344 e. The van der Waals surface area contributed by atoms with E-state index in [0.717, 1.165) is 0 Å². The molecule has 2 aromatic rings. The largest absolute Gasteiger partial charge is 0.479 e. The Kier molecular flexibility index (Phi) is 5.68. The van der Waals surface area contributed by atoms with E-state index in [1.165, 1.54) is 25.1 Å². The van der Waals surface area contributed by atoms with E-state index in [9.17, 15) is 14.0 Å². The first-order valence-electron chi connectivity index (χ1n) is 6.99. The van der Waals surface area contributed by atoms with E-state index in [4.69, 9.17) is 9.47 Å². The molecule has 2 aromatic carbocycles. The summed E-state index contributed by atoms with van der Waals surface area (Å²) in [6, 6.07) is 14.5. The quantitative estimate of drug-likeness (QED) is 0.832. The Labute approximate surface area is 133 Å². The number of benzene rings is 2. The highest BCUT2D eigenvalue weighted by molar-refractivity contribution is 5.95. The van der Waals surface area contributed by atoms with Gasteiger partial charge in [-0.3, -0.25) is 4.79 Å². The lowest BCUT2D eigenvalue weighted by Gasteiger charge is -2.14. The molecule has 5 nitrogen and oxygen atoms in total. The van der Waals surface area contributed by atoms with Crippen LogP contribution in [-0.2, 0) is 14.3 Å². The molecule has 6 heteroatoms. The fourth-order valence-electron chi connectivity index (χ4n) is 1.75. The summed E-state index contributed by atoms with van der Waals surface area (Å²) < 4.78 is 23.3. The van der Waals surface area contributed by atoms with Crippen molar-refractivity contribution < 1.29 is 23.5 Å². The zero-order valence-corrected chi connectivity index (χ0v) is 12.5. The van der Waals surface area contributed by atoms with E-state index in [-0.39, 0.29) is 5.75 Å². The van der Waals surface area contributed by atoms with Crippen molar-refractivity contribution in [3.8, 4) is 5.75 Å². The fraction of sp³-hybridized carbons (Fsp3) is 0.176. The maximum absolute atomic E-state index is 13.3. The molecule has 2 rings (SSSR count). The summed E-state index contributed by atoms with van der Waals surface area (Å²) in [4.78, 5) is 23.5. The first kappa shape index (κ1) is 16.5. The summed E-state index contributed by atoms with van der Waals surface area (Å²) in [5.74, 6) is -1.85. The van der Waals surface area contributed by atoms with Crippen molar-refractivity contribution >= 4 is 17.6 Å². The molecule has 1 atom stereocenters. The number of carbonyl (C=O) groups is 2. The highest BCUT2D eigenvalue weighted by atomic mass is 19.1. The topological polar surface area (TPSA) is 64.6 Å². The van der Waals surface area contributed by atoms with E-state index in [1.54, 1.807) is 30.3 Å². The summed E-state index contributed by atoms with van der Waals surface area (Å²) in [5.41, 5.74) is 0.600. The van der Waals surface area contributed by atoms with Gasteiger partial charge >= 0.3 is 5.97 Å². The second-order valence-electron chi connectivity index (χ2n) is 4.71. The van der Waals surface area contributed by atoms with Crippen LogP contribution in [0.4, 0.5) is 10.1 Å². The molecule has 0 aliphatic rings. The average molecular weight is 317 g/mol. The zero-order valence-electron chi connectivity index (χ0n) is 12.5. The van der Waals surface area contributed by atoms with Gasteiger partial charge in [-0.2, -0.15) is 0 Å². The molecular weight excluding hydrogens is 301 g/mol. The number of amides is 1. The van der Waals surface area contributed by atoms with Gasteiger partial charge in [0.25, 0.3) is 5.91 Å². The molecule has 1 N–H and O–H groups in total. The van der Waals surface area contributed by atoms with E-state index in [0.29, 0.717) is 5.69 Å². The Bertz CT molecular complexity index is 675. The molecule has 0 saturated heterocycles. The third-order valence-corrected chi connectivity index (χ3v) is 2.90. The van der Waals surface area contributed by atoms with E-state index in [2.05, 4.69) is 5.32 Å². The van der Waals surface area contributed by atoms with E-state index in [1.807, 2.05) is 6.07 Å². The van der Waals surface area contributed by atoms with Gasteiger partial charge in [0, 0.05) is 5.69 Å². The van der Waals surface area contributed by atoms with Crippen LogP contribution in [-0.4, -0.2) is 24.6 Å². The Hall–Kier alpha value is -2.89. The summed E-state index contributed by atoms with van der Waals surface area (Å²) >= 11 is 0. The van der Waals surface area contributed by atoms with Crippen LogP contribution >= 0.6 is 0 Å². The number of hydrogen-bond donors (Lipinski definition) is 1. The van der Waals surface area contributed by atoms with Crippen LogP contribution in [0, 0.1) is 5.82 Å². The highest BCUT2D eigenvalue weighted by Crippen LogP contribution is 2.15. The fourth-order valence-corrected chi connectivity index (χ4v) is 1.75. The zero-order chi connectivity index (χ0) is 16.7. The van der Waals surface area contributed by atoms with Gasteiger partial charge in [0.15, 0.2) is 24.3 Å². The van der Waals surface area contributed by atoms with Crippen LogP contribution in [0.1, 0.15) is 6.92 Å². The lowest BCUT2D eigenvalue weighted by Crippen LogP contribution is -2.31. The number of hydrogen-bond acceptors (Lipinski definition) is 4. The van der Waals surface area contributed by atoms with Crippen LogP contribution in [0.25, 0.3) is 0 Å². The Morgan fingerprint density at radius 1 is 1.09 bits per heavy atom. The van der Waals surface area contributed by atoms with Crippen molar-refractivity contribution in [1.82, 2.24) is 0 Å². The predicted molar refractivity (Wildman–Crippen MR) is 82.5 cm³/mol. The number of ether oxygens (including phenoxy) is 2. The van der Waals surface area contributed by atoms with Crippen molar-refractivity contribution in [1.29, 1.82) is 0 Å². The van der Waals surface area contributed by atoms with Gasteiger partial charge in [-0.1, -0.05) is 30.3 Å². The van der Waals surface area contributed by atoms with Crippen molar-refractivity contribution in [2.24, 2.45) is 0 Å². The predicted octanol–water partition coefficient (Wildman–Crippen LogP) is 2.77. The molecule has 0 radical (unpaired) electrons. The van der Waals surface area contributed by atoms with Crippen LogP contribution in [0.2, 0.25) is 0 Å². The minimum atomic E-state index is -0.994. The normalized spacial score (nSPS) is 11.4. The number of para-hydroxylation sites is 2. The molecule has 0 fully saturated rings. The molecule has 0 saturated carbocycles. The van der Waals surface area contributed by atoms with Crippen LogP contribution in [0.3, 0.4) is 0 Å². The molecule has 0 aliphatic carbocycles. The van der Waals surface area contributed by atoms with E-state index >= 15 is 0 Å². The minimum absolute atomic E-state index is 0.0501. The summed E-state index contributed by atoms with van der Waals surface area (Å²) in [6.45, 7) is 0.961. The van der Waals surface area contributed by atoms with Crippen molar-refractivity contribution in [2.45, 2.75) is 13.0 Å². The van der Waals surface area contributed by atoms with Crippen molar-refractivity contribution in [2.75, 3.05) is 11.9 Å². The molecular formula is C17H16FNO4. The second-order valence-corrected chi connectivity index (χ2v) is 4.71. The van der Waals surface area contributed by atoms with Crippen molar-refractivity contribution in [3.05, 3.63) is 60.4 Å². The molecule has 23 heavy (non-hydrogen) atoms. The van der Waals surface area contributed by atoms with Gasteiger partial charge in [-0.05, 0) is 31.2 Å². The Balaban J connectivity index is 1.80. The first-order valence-corrected chi connectivity index (χ1v) is 6.99. The average Bonchev–Trinajstić information content (AvgIpc) is 2.55. The molecule has 0 unspecified atom stereocenters. The lowest BCUT2D eigenvalue weighted by atomic mass is 10.3. The molecule has 0 heterocycles. The highest BCUT2D eigenvalue weighted by Gasteiger charge is 2.18. The third-order valence-electron chi connectivity index (χ3n) is 2.90. The van der Waals surface area contributed by atoms with Gasteiger partial charge in [0.2, 0.25) is 0 Å². The van der Waals surface area contributed by atoms with Crippen molar-refractivity contribution in [3.63, 3.8) is 0 Å². The van der Waals surface area contributed by atoms with Crippen LogP contribution in [0.15, 0.2) is 54.6 Å². The molecule has 0 spiro atoms. The standard InChI is InChI=1S/C17H16FNO4/c1-12(17(21)19-13-7-3-2-4-8-13)23-16(20)11-22-15-10-6-5-9-14(15)18/h2-10,12H,11H2,1H3,(H,19,21)/t12-/m0/s1. The summed E-state index contributed by atoms with van der Waals surface area (Å²) in [6.07, 6.45) is -0.994.